The molecule has 2 atom stereocenters. The quantitative estimate of drug-likeness (QED) is 0.893. The monoisotopic (exact) mass is 262 g/mol. The van der Waals surface area contributed by atoms with Gasteiger partial charge >= 0.3 is 5.97 Å². The lowest BCUT2D eigenvalue weighted by Crippen LogP contribution is -2.31. The molecule has 1 aromatic rings. The van der Waals surface area contributed by atoms with Crippen molar-refractivity contribution in [3.63, 3.8) is 0 Å². The van der Waals surface area contributed by atoms with Gasteiger partial charge in [0.15, 0.2) is 0 Å². The number of nitrogens with zero attached hydrogens (tertiary/aromatic N) is 2. The van der Waals surface area contributed by atoms with Crippen LogP contribution in [0.1, 0.15) is 24.8 Å². The predicted molar refractivity (Wildman–Crippen MR) is 69.2 cm³/mol. The minimum absolute atomic E-state index is 0.0422. The van der Waals surface area contributed by atoms with Gasteiger partial charge in [-0.15, -0.1) is 0 Å². The van der Waals surface area contributed by atoms with Crippen molar-refractivity contribution in [2.24, 2.45) is 11.8 Å². The van der Waals surface area contributed by atoms with E-state index in [2.05, 4.69) is 4.98 Å². The maximum Gasteiger partial charge on any atom is 0.306 e. The molecule has 1 N–H and O–H groups in total. The van der Waals surface area contributed by atoms with Crippen LogP contribution in [0.15, 0.2) is 24.5 Å². The van der Waals surface area contributed by atoms with Crippen molar-refractivity contribution in [2.75, 3.05) is 7.05 Å². The third-order valence-corrected chi connectivity index (χ3v) is 3.68. The fraction of sp³-hybridized carbons (Fsp3) is 0.500. The van der Waals surface area contributed by atoms with Gasteiger partial charge in [-0.3, -0.25) is 14.6 Å². The van der Waals surface area contributed by atoms with E-state index in [1.807, 2.05) is 12.1 Å². The summed E-state index contributed by atoms with van der Waals surface area (Å²) in [5.41, 5.74) is 1.03. The van der Waals surface area contributed by atoms with Crippen molar-refractivity contribution >= 4 is 11.9 Å². The van der Waals surface area contributed by atoms with Crippen LogP contribution in [0, 0.1) is 11.8 Å². The molecule has 1 aromatic heterocycles. The number of aromatic nitrogens is 1. The lowest BCUT2D eigenvalue weighted by molar-refractivity contribution is -0.141. The van der Waals surface area contributed by atoms with Gasteiger partial charge in [-0.2, -0.15) is 0 Å². The zero-order valence-electron chi connectivity index (χ0n) is 11.0. The molecule has 1 aliphatic rings. The summed E-state index contributed by atoms with van der Waals surface area (Å²) in [6.45, 7) is 0.537. The summed E-state index contributed by atoms with van der Waals surface area (Å²) < 4.78 is 0. The minimum Gasteiger partial charge on any atom is -0.481 e. The number of hydrogen-bond acceptors (Lipinski definition) is 3. The van der Waals surface area contributed by atoms with E-state index in [0.717, 1.165) is 5.56 Å². The molecule has 0 unspecified atom stereocenters. The van der Waals surface area contributed by atoms with Gasteiger partial charge in [0.2, 0.25) is 5.91 Å². The molecule has 0 aliphatic heterocycles. The maximum absolute atomic E-state index is 12.2. The molecule has 19 heavy (non-hydrogen) atoms. The highest BCUT2D eigenvalue weighted by atomic mass is 16.4. The molecule has 1 amide bonds. The highest BCUT2D eigenvalue weighted by Crippen LogP contribution is 2.32. The molecule has 1 fully saturated rings. The van der Waals surface area contributed by atoms with Gasteiger partial charge in [0.25, 0.3) is 0 Å². The molecule has 5 nitrogen and oxygen atoms in total. The highest BCUT2D eigenvalue weighted by Gasteiger charge is 2.34. The summed E-state index contributed by atoms with van der Waals surface area (Å²) in [5.74, 6) is -1.25. The summed E-state index contributed by atoms with van der Waals surface area (Å²) in [4.78, 5) is 28.7. The molecule has 0 radical (unpaired) electrons. The average Bonchev–Trinajstić information content (AvgIpc) is 2.88. The topological polar surface area (TPSA) is 70.5 Å². The van der Waals surface area contributed by atoms with Gasteiger partial charge in [0, 0.05) is 31.9 Å². The van der Waals surface area contributed by atoms with E-state index in [9.17, 15) is 9.59 Å². The summed E-state index contributed by atoms with van der Waals surface area (Å²) in [6, 6.07) is 3.75. The van der Waals surface area contributed by atoms with E-state index in [0.29, 0.717) is 25.8 Å². The number of aliphatic carboxylic acids is 1. The SMILES string of the molecule is CN(Cc1ccncc1)C(=O)[C@@H]1CC[C@H](C(=O)O)C1. The lowest BCUT2D eigenvalue weighted by atomic mass is 10.0. The van der Waals surface area contributed by atoms with Gasteiger partial charge in [-0.25, -0.2) is 0 Å². The zero-order valence-corrected chi connectivity index (χ0v) is 11.0. The molecular weight excluding hydrogens is 244 g/mol. The van der Waals surface area contributed by atoms with Crippen molar-refractivity contribution in [3.8, 4) is 0 Å². The van der Waals surface area contributed by atoms with Crippen LogP contribution in [-0.2, 0) is 16.1 Å². The normalized spacial score (nSPS) is 22.2. The first-order valence-corrected chi connectivity index (χ1v) is 6.44. The number of carbonyl (C=O) groups is 2. The van der Waals surface area contributed by atoms with Crippen LogP contribution in [-0.4, -0.2) is 33.9 Å². The number of hydrogen-bond donors (Lipinski definition) is 1. The third-order valence-electron chi connectivity index (χ3n) is 3.68. The Morgan fingerprint density at radius 2 is 1.95 bits per heavy atom. The first-order valence-electron chi connectivity index (χ1n) is 6.44. The zero-order chi connectivity index (χ0) is 13.8. The van der Waals surface area contributed by atoms with Gasteiger partial charge in [-0.1, -0.05) is 0 Å². The number of pyridine rings is 1. The molecule has 1 saturated carbocycles. The van der Waals surface area contributed by atoms with Crippen LogP contribution in [0.2, 0.25) is 0 Å². The van der Waals surface area contributed by atoms with Crippen molar-refractivity contribution in [1.29, 1.82) is 0 Å². The Labute approximate surface area is 112 Å². The number of carbonyl (C=O) groups excluding carboxylic acids is 1. The minimum atomic E-state index is -0.785. The molecule has 1 aliphatic carbocycles. The summed E-state index contributed by atoms with van der Waals surface area (Å²) in [7, 11) is 1.76. The van der Waals surface area contributed by atoms with Gasteiger partial charge in [0.1, 0.15) is 0 Å². The molecule has 102 valence electrons. The molecule has 1 heterocycles. The molecule has 0 bridgehead atoms. The lowest BCUT2D eigenvalue weighted by Gasteiger charge is -2.21. The molecule has 5 heteroatoms. The van der Waals surface area contributed by atoms with Crippen LogP contribution < -0.4 is 0 Å². The predicted octanol–water partition coefficient (Wildman–Crippen LogP) is 1.54. The van der Waals surface area contributed by atoms with Crippen LogP contribution in [0.3, 0.4) is 0 Å². The molecular formula is C14H18N2O3. The Morgan fingerprint density at radius 3 is 2.53 bits per heavy atom. The molecule has 0 spiro atoms. The van der Waals surface area contributed by atoms with Crippen molar-refractivity contribution in [2.45, 2.75) is 25.8 Å². The first kappa shape index (κ1) is 13.5. The van der Waals surface area contributed by atoms with Crippen molar-refractivity contribution in [1.82, 2.24) is 9.88 Å². The fourth-order valence-corrected chi connectivity index (χ4v) is 2.58. The van der Waals surface area contributed by atoms with E-state index in [4.69, 9.17) is 5.11 Å². The average molecular weight is 262 g/mol. The van der Waals surface area contributed by atoms with Crippen LogP contribution in [0.5, 0.6) is 0 Å². The standard InChI is InChI=1S/C14H18N2O3/c1-16(9-10-4-6-15-7-5-10)13(17)11-2-3-12(8-11)14(18)19/h4-7,11-12H,2-3,8-9H2,1H3,(H,18,19)/t11-,12+/m1/s1. The summed E-state index contributed by atoms with van der Waals surface area (Å²) in [5, 5.41) is 8.95. The van der Waals surface area contributed by atoms with E-state index in [1.165, 1.54) is 0 Å². The Hall–Kier alpha value is -1.91. The number of rotatable bonds is 4. The van der Waals surface area contributed by atoms with Crippen LogP contribution in [0.25, 0.3) is 0 Å². The summed E-state index contributed by atoms with van der Waals surface area (Å²) >= 11 is 0. The van der Waals surface area contributed by atoms with Crippen LogP contribution >= 0.6 is 0 Å². The fourth-order valence-electron chi connectivity index (χ4n) is 2.58. The van der Waals surface area contributed by atoms with Gasteiger partial charge < -0.3 is 10.0 Å². The van der Waals surface area contributed by atoms with Crippen molar-refractivity contribution < 1.29 is 14.7 Å². The van der Waals surface area contributed by atoms with E-state index in [1.54, 1.807) is 24.3 Å². The Bertz CT molecular complexity index is 461. The van der Waals surface area contributed by atoms with Gasteiger partial charge in [-0.05, 0) is 37.0 Å². The molecule has 0 aromatic carbocycles. The van der Waals surface area contributed by atoms with Gasteiger partial charge in [0.05, 0.1) is 5.92 Å². The second-order valence-electron chi connectivity index (χ2n) is 5.09. The second-order valence-corrected chi connectivity index (χ2v) is 5.09. The van der Waals surface area contributed by atoms with Crippen molar-refractivity contribution in [3.05, 3.63) is 30.1 Å². The Balaban J connectivity index is 1.91. The maximum atomic E-state index is 12.2. The molecule has 0 saturated heterocycles. The Kier molecular flexibility index (Phi) is 4.14. The molecule has 2 rings (SSSR count). The number of carboxylic acid groups (broad SMARTS) is 1. The van der Waals surface area contributed by atoms with E-state index in [-0.39, 0.29) is 17.7 Å². The number of carboxylic acids is 1. The van der Waals surface area contributed by atoms with Crippen LogP contribution in [0.4, 0.5) is 0 Å². The summed E-state index contributed by atoms with van der Waals surface area (Å²) in [6.07, 6.45) is 5.15. The highest BCUT2D eigenvalue weighted by molar-refractivity contribution is 5.80. The smallest absolute Gasteiger partial charge is 0.306 e. The largest absolute Gasteiger partial charge is 0.481 e. The Morgan fingerprint density at radius 1 is 1.32 bits per heavy atom. The second kappa shape index (κ2) is 5.82. The number of amides is 1. The third kappa shape index (κ3) is 3.30. The first-order chi connectivity index (χ1) is 9.08. The van der Waals surface area contributed by atoms with E-state index >= 15 is 0 Å². The van der Waals surface area contributed by atoms with E-state index < -0.39 is 5.97 Å².